The van der Waals surface area contributed by atoms with E-state index in [1.54, 1.807) is 28.4 Å². The van der Waals surface area contributed by atoms with Crippen molar-refractivity contribution in [3.63, 3.8) is 0 Å². The number of hydrogen-bond acceptors (Lipinski definition) is 10. The SMILES string of the molecule is COCCOCOc1ccc(CC/C(O)=C/C(O)CCc2ccc(OCOCCOC)c(OC)c2)cc1OC. The number of aryl methyl sites for hydroxylation is 2. The Morgan fingerprint density at radius 1 is 0.718 bits per heavy atom. The van der Waals surface area contributed by atoms with Gasteiger partial charge in [-0.15, -0.1) is 0 Å². The second kappa shape index (κ2) is 19.1. The molecule has 0 aliphatic heterocycles. The number of hydrogen-bond donors (Lipinski definition) is 2. The second-order valence-corrected chi connectivity index (χ2v) is 8.56. The molecule has 39 heavy (non-hydrogen) atoms. The van der Waals surface area contributed by atoms with Crippen LogP contribution in [0.15, 0.2) is 48.2 Å². The first-order chi connectivity index (χ1) is 19.0. The Labute approximate surface area is 230 Å². The molecule has 0 saturated carbocycles. The summed E-state index contributed by atoms with van der Waals surface area (Å²) in [5.74, 6) is 2.44. The summed E-state index contributed by atoms with van der Waals surface area (Å²) in [5, 5.41) is 20.8. The lowest BCUT2D eigenvalue weighted by molar-refractivity contribution is -0.00954. The van der Waals surface area contributed by atoms with Gasteiger partial charge in [-0.2, -0.15) is 0 Å². The third-order valence-electron chi connectivity index (χ3n) is 5.70. The zero-order chi connectivity index (χ0) is 28.3. The van der Waals surface area contributed by atoms with Crippen molar-refractivity contribution >= 4 is 0 Å². The van der Waals surface area contributed by atoms with Gasteiger partial charge >= 0.3 is 0 Å². The van der Waals surface area contributed by atoms with Crippen molar-refractivity contribution in [2.75, 3.05) is 68.5 Å². The van der Waals surface area contributed by atoms with E-state index in [1.807, 2.05) is 36.4 Å². The van der Waals surface area contributed by atoms with E-state index in [0.29, 0.717) is 75.1 Å². The highest BCUT2D eigenvalue weighted by molar-refractivity contribution is 5.44. The number of aliphatic hydroxyl groups is 2. The Bertz CT molecular complexity index is 979. The van der Waals surface area contributed by atoms with Gasteiger partial charge in [0.05, 0.1) is 52.5 Å². The molecule has 0 amide bonds. The van der Waals surface area contributed by atoms with Crippen molar-refractivity contribution in [2.45, 2.75) is 31.8 Å². The van der Waals surface area contributed by atoms with Crippen LogP contribution < -0.4 is 18.9 Å². The molecule has 1 atom stereocenters. The molecule has 218 valence electrons. The molecule has 0 aliphatic carbocycles. The maximum atomic E-state index is 10.4. The minimum absolute atomic E-state index is 0.0927. The smallest absolute Gasteiger partial charge is 0.189 e. The van der Waals surface area contributed by atoms with Gasteiger partial charge in [-0.05, 0) is 60.7 Å². The fraction of sp³-hybridized carbons (Fsp3) is 0.517. The minimum Gasteiger partial charge on any atom is -0.513 e. The Morgan fingerprint density at radius 2 is 1.23 bits per heavy atom. The highest BCUT2D eigenvalue weighted by Gasteiger charge is 2.10. The summed E-state index contributed by atoms with van der Waals surface area (Å²) in [6.45, 7) is 2.06. The number of allylic oxidation sites excluding steroid dienone is 1. The van der Waals surface area contributed by atoms with Crippen LogP contribution >= 0.6 is 0 Å². The molecule has 2 aromatic rings. The summed E-state index contributed by atoms with van der Waals surface area (Å²) in [7, 11) is 6.36. The Kier molecular flexibility index (Phi) is 15.8. The van der Waals surface area contributed by atoms with Gasteiger partial charge in [0.1, 0.15) is 0 Å². The summed E-state index contributed by atoms with van der Waals surface area (Å²) in [5.41, 5.74) is 1.94. The molecule has 0 bridgehead atoms. The topological polar surface area (TPSA) is 114 Å². The van der Waals surface area contributed by atoms with Crippen LogP contribution in [-0.2, 0) is 31.8 Å². The second-order valence-electron chi connectivity index (χ2n) is 8.56. The number of rotatable bonds is 21. The minimum atomic E-state index is -0.787. The summed E-state index contributed by atoms with van der Waals surface area (Å²) in [4.78, 5) is 0. The molecule has 0 aliphatic rings. The lowest BCUT2D eigenvalue weighted by atomic mass is 10.0. The molecule has 0 radical (unpaired) electrons. The van der Waals surface area contributed by atoms with Gasteiger partial charge in [0.15, 0.2) is 36.6 Å². The van der Waals surface area contributed by atoms with E-state index in [9.17, 15) is 10.2 Å². The Morgan fingerprint density at radius 3 is 1.72 bits per heavy atom. The summed E-state index contributed by atoms with van der Waals surface area (Å²) >= 11 is 0. The standard InChI is InChI=1S/C29H42O10/c1-32-13-15-36-20-38-26-11-7-22(17-28(26)34-3)5-9-24(30)19-25(31)10-6-23-8-12-27(29(18-23)35-4)39-21-37-16-14-33-2/h7-8,11-12,17-19,24,30-31H,5-6,9-10,13-16,20-21H2,1-4H3/b25-19-. The monoisotopic (exact) mass is 550 g/mol. The lowest BCUT2D eigenvalue weighted by Crippen LogP contribution is -2.09. The predicted octanol–water partition coefficient (Wildman–Crippen LogP) is 4.07. The highest BCUT2D eigenvalue weighted by atomic mass is 16.7. The molecule has 10 nitrogen and oxygen atoms in total. The number of benzene rings is 2. The Hall–Kier alpha value is -3.02. The molecule has 10 heteroatoms. The molecule has 0 aromatic heterocycles. The van der Waals surface area contributed by atoms with E-state index in [0.717, 1.165) is 11.1 Å². The van der Waals surface area contributed by atoms with Crippen molar-refractivity contribution in [1.82, 2.24) is 0 Å². The number of aliphatic hydroxyl groups excluding tert-OH is 2. The zero-order valence-electron chi connectivity index (χ0n) is 23.4. The van der Waals surface area contributed by atoms with Crippen molar-refractivity contribution in [3.8, 4) is 23.0 Å². The summed E-state index contributed by atoms with van der Waals surface area (Å²) in [6.07, 6.45) is 2.69. The van der Waals surface area contributed by atoms with Crippen LogP contribution in [0, 0.1) is 0 Å². The van der Waals surface area contributed by atoms with Crippen molar-refractivity contribution < 1.29 is 48.1 Å². The molecule has 1 unspecified atom stereocenters. The molecule has 0 saturated heterocycles. The van der Waals surface area contributed by atoms with Crippen molar-refractivity contribution in [2.24, 2.45) is 0 Å². The zero-order valence-corrected chi connectivity index (χ0v) is 23.4. The van der Waals surface area contributed by atoms with Gasteiger partial charge in [-0.1, -0.05) is 12.1 Å². The van der Waals surface area contributed by atoms with E-state index in [2.05, 4.69) is 0 Å². The van der Waals surface area contributed by atoms with Gasteiger partial charge in [-0.25, -0.2) is 0 Å². The molecule has 2 N–H and O–H groups in total. The first-order valence-corrected chi connectivity index (χ1v) is 12.8. The van der Waals surface area contributed by atoms with Crippen LogP contribution in [0.4, 0.5) is 0 Å². The molecule has 0 heterocycles. The normalized spacial score (nSPS) is 12.3. The van der Waals surface area contributed by atoms with Crippen LogP contribution in [-0.4, -0.2) is 84.8 Å². The molecule has 0 fully saturated rings. The van der Waals surface area contributed by atoms with E-state index >= 15 is 0 Å². The Balaban J connectivity index is 1.80. The predicted molar refractivity (Wildman–Crippen MR) is 146 cm³/mol. The van der Waals surface area contributed by atoms with Gasteiger partial charge < -0.3 is 48.1 Å². The van der Waals surface area contributed by atoms with Gasteiger partial charge in [-0.3, -0.25) is 0 Å². The molecule has 2 rings (SSSR count). The van der Waals surface area contributed by atoms with Gasteiger partial charge in [0.2, 0.25) is 0 Å². The lowest BCUT2D eigenvalue weighted by Gasteiger charge is -2.13. The van der Waals surface area contributed by atoms with E-state index in [4.69, 9.17) is 37.9 Å². The maximum absolute atomic E-state index is 10.4. The van der Waals surface area contributed by atoms with Crippen LogP contribution in [0.1, 0.15) is 24.0 Å². The van der Waals surface area contributed by atoms with Crippen LogP contribution in [0.2, 0.25) is 0 Å². The van der Waals surface area contributed by atoms with E-state index < -0.39 is 6.10 Å². The van der Waals surface area contributed by atoms with Crippen molar-refractivity contribution in [3.05, 3.63) is 59.4 Å². The average Bonchev–Trinajstić information content (AvgIpc) is 2.95. The summed E-state index contributed by atoms with van der Waals surface area (Å²) < 4.78 is 42.6. The average molecular weight is 551 g/mol. The van der Waals surface area contributed by atoms with E-state index in [1.165, 1.54) is 6.08 Å². The molecule has 0 spiro atoms. The fourth-order valence-electron chi connectivity index (χ4n) is 3.56. The number of methoxy groups -OCH3 is 4. The van der Waals surface area contributed by atoms with Crippen LogP contribution in [0.5, 0.6) is 23.0 Å². The van der Waals surface area contributed by atoms with Gasteiger partial charge in [0, 0.05) is 20.6 Å². The first kappa shape index (κ1) is 32.2. The first-order valence-electron chi connectivity index (χ1n) is 12.8. The highest BCUT2D eigenvalue weighted by Crippen LogP contribution is 2.30. The third kappa shape index (κ3) is 12.6. The van der Waals surface area contributed by atoms with Crippen LogP contribution in [0.3, 0.4) is 0 Å². The number of ether oxygens (including phenoxy) is 8. The van der Waals surface area contributed by atoms with Crippen molar-refractivity contribution in [1.29, 1.82) is 0 Å². The quantitative estimate of drug-likeness (QED) is 0.134. The van der Waals surface area contributed by atoms with Crippen LogP contribution in [0.25, 0.3) is 0 Å². The molecule has 2 aromatic carbocycles. The summed E-state index contributed by atoms with van der Waals surface area (Å²) in [6, 6.07) is 11.2. The maximum Gasteiger partial charge on any atom is 0.189 e. The van der Waals surface area contributed by atoms with Gasteiger partial charge in [0.25, 0.3) is 0 Å². The molecular formula is C29H42O10. The molecular weight excluding hydrogens is 508 g/mol. The fourth-order valence-corrected chi connectivity index (χ4v) is 3.56. The van der Waals surface area contributed by atoms with E-state index in [-0.39, 0.29) is 19.3 Å². The largest absolute Gasteiger partial charge is 0.513 e. The third-order valence-corrected chi connectivity index (χ3v) is 5.70.